The highest BCUT2D eigenvalue weighted by atomic mass is 35.5. The van der Waals surface area contributed by atoms with Crippen LogP contribution in [0.1, 0.15) is 16.7 Å². The number of nitrogens with two attached hydrogens (primary N) is 1. The standard InChI is InChI=1S/C15H15Cl2NO/c1-9-6-15(10(2)5-14(9)18)19-8-11-3-4-12(16)13(17)7-11/h3-7H,8,18H2,1-2H3. The van der Waals surface area contributed by atoms with Gasteiger partial charge in [0.1, 0.15) is 12.4 Å². The molecule has 2 rings (SSSR count). The molecule has 0 unspecified atom stereocenters. The van der Waals surface area contributed by atoms with E-state index >= 15 is 0 Å². The highest BCUT2D eigenvalue weighted by Crippen LogP contribution is 2.26. The van der Waals surface area contributed by atoms with E-state index in [2.05, 4.69) is 0 Å². The maximum absolute atomic E-state index is 5.97. The van der Waals surface area contributed by atoms with E-state index in [-0.39, 0.29) is 0 Å². The Bertz CT molecular complexity index is 611. The first-order chi connectivity index (χ1) is 8.97. The van der Waals surface area contributed by atoms with Crippen LogP contribution in [0.5, 0.6) is 5.75 Å². The van der Waals surface area contributed by atoms with E-state index < -0.39 is 0 Å². The van der Waals surface area contributed by atoms with Gasteiger partial charge in [-0.05, 0) is 54.8 Å². The number of aryl methyl sites for hydroxylation is 2. The van der Waals surface area contributed by atoms with Gasteiger partial charge in [0.25, 0.3) is 0 Å². The summed E-state index contributed by atoms with van der Waals surface area (Å²) in [6.45, 7) is 4.38. The van der Waals surface area contributed by atoms with E-state index in [1.165, 1.54) is 0 Å². The largest absolute Gasteiger partial charge is 0.489 e. The number of anilines is 1. The normalized spacial score (nSPS) is 10.5. The molecule has 19 heavy (non-hydrogen) atoms. The molecule has 0 bridgehead atoms. The highest BCUT2D eigenvalue weighted by molar-refractivity contribution is 6.42. The molecule has 2 nitrogen and oxygen atoms in total. The zero-order valence-electron chi connectivity index (χ0n) is 10.8. The lowest BCUT2D eigenvalue weighted by atomic mass is 10.1. The van der Waals surface area contributed by atoms with Gasteiger partial charge in [-0.3, -0.25) is 0 Å². The zero-order valence-corrected chi connectivity index (χ0v) is 12.3. The van der Waals surface area contributed by atoms with Gasteiger partial charge in [0, 0.05) is 5.69 Å². The minimum atomic E-state index is 0.446. The van der Waals surface area contributed by atoms with Crippen LogP contribution in [-0.4, -0.2) is 0 Å². The van der Waals surface area contributed by atoms with Crippen LogP contribution >= 0.6 is 23.2 Å². The van der Waals surface area contributed by atoms with Crippen molar-refractivity contribution in [2.24, 2.45) is 0 Å². The second kappa shape index (κ2) is 5.72. The van der Waals surface area contributed by atoms with E-state index in [4.69, 9.17) is 33.7 Å². The molecule has 0 amide bonds. The molecule has 0 aliphatic rings. The summed E-state index contributed by atoms with van der Waals surface area (Å²) in [6.07, 6.45) is 0. The first-order valence-electron chi connectivity index (χ1n) is 5.91. The molecule has 0 heterocycles. The second-order valence-corrected chi connectivity index (χ2v) is 5.33. The Kier molecular flexibility index (Phi) is 4.23. The zero-order chi connectivity index (χ0) is 14.0. The summed E-state index contributed by atoms with van der Waals surface area (Å²) in [7, 11) is 0. The van der Waals surface area contributed by atoms with Crippen LogP contribution in [0.25, 0.3) is 0 Å². The highest BCUT2D eigenvalue weighted by Gasteiger charge is 2.05. The molecule has 0 aliphatic heterocycles. The second-order valence-electron chi connectivity index (χ2n) is 4.51. The fraction of sp³-hybridized carbons (Fsp3) is 0.200. The van der Waals surface area contributed by atoms with Crippen LogP contribution in [0.4, 0.5) is 5.69 Å². The van der Waals surface area contributed by atoms with Gasteiger partial charge in [0.05, 0.1) is 10.0 Å². The first kappa shape index (κ1) is 14.0. The summed E-state index contributed by atoms with van der Waals surface area (Å²) in [6, 6.07) is 9.34. The van der Waals surface area contributed by atoms with Gasteiger partial charge in [0.15, 0.2) is 0 Å². The Hall–Kier alpha value is -1.38. The predicted molar refractivity (Wildman–Crippen MR) is 81.1 cm³/mol. The summed E-state index contributed by atoms with van der Waals surface area (Å²) in [5.41, 5.74) is 9.62. The molecule has 0 saturated heterocycles. The molecular formula is C15H15Cl2NO. The molecule has 0 atom stereocenters. The maximum Gasteiger partial charge on any atom is 0.123 e. The molecule has 2 aromatic rings. The Labute approximate surface area is 123 Å². The molecule has 2 aromatic carbocycles. The SMILES string of the molecule is Cc1cc(OCc2ccc(Cl)c(Cl)c2)c(C)cc1N. The van der Waals surface area contributed by atoms with Crippen LogP contribution in [0.3, 0.4) is 0 Å². The minimum Gasteiger partial charge on any atom is -0.489 e. The van der Waals surface area contributed by atoms with Crippen molar-refractivity contribution in [2.75, 3.05) is 5.73 Å². The molecule has 0 spiro atoms. The smallest absolute Gasteiger partial charge is 0.123 e. The van der Waals surface area contributed by atoms with Crippen molar-refractivity contribution < 1.29 is 4.74 Å². The van der Waals surface area contributed by atoms with Crippen molar-refractivity contribution in [3.63, 3.8) is 0 Å². The van der Waals surface area contributed by atoms with Crippen molar-refractivity contribution in [1.82, 2.24) is 0 Å². The molecule has 0 saturated carbocycles. The molecule has 0 fully saturated rings. The number of benzene rings is 2. The first-order valence-corrected chi connectivity index (χ1v) is 6.66. The number of ether oxygens (including phenoxy) is 1. The number of nitrogen functional groups attached to an aromatic ring is 1. The third kappa shape index (κ3) is 3.34. The molecule has 0 aliphatic carbocycles. The quantitative estimate of drug-likeness (QED) is 0.828. The summed E-state index contributed by atoms with van der Waals surface area (Å²) in [4.78, 5) is 0. The average Bonchev–Trinajstić information content (AvgIpc) is 2.36. The van der Waals surface area contributed by atoms with Gasteiger partial charge in [0.2, 0.25) is 0 Å². The molecular weight excluding hydrogens is 281 g/mol. The van der Waals surface area contributed by atoms with Gasteiger partial charge in [-0.15, -0.1) is 0 Å². The summed E-state index contributed by atoms with van der Waals surface area (Å²) in [5, 5.41) is 1.08. The number of hydrogen-bond acceptors (Lipinski definition) is 2. The van der Waals surface area contributed by atoms with Crippen molar-refractivity contribution in [3.05, 3.63) is 57.1 Å². The van der Waals surface area contributed by atoms with E-state index in [0.29, 0.717) is 16.7 Å². The van der Waals surface area contributed by atoms with Gasteiger partial charge in [-0.2, -0.15) is 0 Å². The van der Waals surface area contributed by atoms with E-state index in [9.17, 15) is 0 Å². The van der Waals surface area contributed by atoms with Crippen LogP contribution in [-0.2, 0) is 6.61 Å². The van der Waals surface area contributed by atoms with Gasteiger partial charge in [-0.25, -0.2) is 0 Å². The van der Waals surface area contributed by atoms with E-state index in [1.807, 2.05) is 38.1 Å². The predicted octanol–water partition coefficient (Wildman–Crippen LogP) is 4.77. The lowest BCUT2D eigenvalue weighted by molar-refractivity contribution is 0.304. The third-order valence-corrected chi connectivity index (χ3v) is 3.68. The molecule has 2 N–H and O–H groups in total. The average molecular weight is 296 g/mol. The Morgan fingerprint density at radius 2 is 1.74 bits per heavy atom. The van der Waals surface area contributed by atoms with Crippen molar-refractivity contribution >= 4 is 28.9 Å². The Balaban J connectivity index is 2.14. The topological polar surface area (TPSA) is 35.2 Å². The van der Waals surface area contributed by atoms with Crippen molar-refractivity contribution in [2.45, 2.75) is 20.5 Å². The fourth-order valence-electron chi connectivity index (χ4n) is 1.76. The lowest BCUT2D eigenvalue weighted by Crippen LogP contribution is -1.99. The summed E-state index contributed by atoms with van der Waals surface area (Å²) >= 11 is 11.8. The van der Waals surface area contributed by atoms with Gasteiger partial charge in [-0.1, -0.05) is 29.3 Å². The van der Waals surface area contributed by atoms with Gasteiger partial charge >= 0.3 is 0 Å². The fourth-order valence-corrected chi connectivity index (χ4v) is 2.08. The number of hydrogen-bond donors (Lipinski definition) is 1. The molecule has 100 valence electrons. The summed E-state index contributed by atoms with van der Waals surface area (Å²) < 4.78 is 5.80. The number of halogens is 2. The van der Waals surface area contributed by atoms with Crippen molar-refractivity contribution in [1.29, 1.82) is 0 Å². The number of rotatable bonds is 3. The van der Waals surface area contributed by atoms with Crippen molar-refractivity contribution in [3.8, 4) is 5.75 Å². The van der Waals surface area contributed by atoms with Crippen LogP contribution in [0.2, 0.25) is 10.0 Å². The van der Waals surface area contributed by atoms with E-state index in [0.717, 1.165) is 28.1 Å². The molecule has 0 aromatic heterocycles. The Morgan fingerprint density at radius 1 is 1.00 bits per heavy atom. The van der Waals surface area contributed by atoms with Crippen LogP contribution < -0.4 is 10.5 Å². The molecule has 4 heteroatoms. The lowest BCUT2D eigenvalue weighted by Gasteiger charge is -2.12. The van der Waals surface area contributed by atoms with Crippen LogP contribution in [0.15, 0.2) is 30.3 Å². The summed E-state index contributed by atoms with van der Waals surface area (Å²) in [5.74, 6) is 0.831. The van der Waals surface area contributed by atoms with E-state index in [1.54, 1.807) is 6.07 Å². The minimum absolute atomic E-state index is 0.446. The maximum atomic E-state index is 5.97. The third-order valence-electron chi connectivity index (χ3n) is 2.94. The molecule has 0 radical (unpaired) electrons. The van der Waals surface area contributed by atoms with Crippen LogP contribution in [0, 0.1) is 13.8 Å². The monoisotopic (exact) mass is 295 g/mol. The Morgan fingerprint density at radius 3 is 2.42 bits per heavy atom. The van der Waals surface area contributed by atoms with Gasteiger partial charge < -0.3 is 10.5 Å².